The van der Waals surface area contributed by atoms with E-state index in [1.54, 1.807) is 11.1 Å². The van der Waals surface area contributed by atoms with Crippen LogP contribution in [-0.4, -0.2) is 53.5 Å². The van der Waals surface area contributed by atoms with Crippen molar-refractivity contribution in [2.24, 2.45) is 0 Å². The second-order valence-corrected chi connectivity index (χ2v) is 6.48. The first-order valence-corrected chi connectivity index (χ1v) is 8.73. The summed E-state index contributed by atoms with van der Waals surface area (Å²) in [6.07, 6.45) is 6.06. The summed E-state index contributed by atoms with van der Waals surface area (Å²) in [7, 11) is 1.85. The Bertz CT molecular complexity index is 697. The van der Waals surface area contributed by atoms with Crippen LogP contribution in [0.4, 0.5) is 4.79 Å². The molecular weight excluding hydrogens is 300 g/mol. The minimum Gasteiger partial charge on any atom is -0.336 e. The first-order chi connectivity index (χ1) is 11.7. The molecule has 2 amide bonds. The Hall–Kier alpha value is -2.14. The third-order valence-corrected chi connectivity index (χ3v) is 4.92. The van der Waals surface area contributed by atoms with Gasteiger partial charge < -0.3 is 10.2 Å². The van der Waals surface area contributed by atoms with E-state index in [0.717, 1.165) is 36.0 Å². The van der Waals surface area contributed by atoms with E-state index in [1.165, 1.54) is 12.8 Å². The molecule has 24 heavy (non-hydrogen) atoms. The lowest BCUT2D eigenvalue weighted by Gasteiger charge is -2.25. The van der Waals surface area contributed by atoms with Gasteiger partial charge in [0.15, 0.2) is 0 Å². The summed E-state index contributed by atoms with van der Waals surface area (Å²) >= 11 is 0. The van der Waals surface area contributed by atoms with Crippen LogP contribution in [0.5, 0.6) is 0 Å². The standard InChI is InChI=1S/C19H26N4O/c1-3-23-11-5-8-17(23)13-21-19(24)22(2)14-16-7-4-6-15-12-20-10-9-18(15)16/h4,6-7,9-10,12,17H,3,5,8,11,13-14H2,1-2H3,(H,21,24)/t17-/m0/s1. The van der Waals surface area contributed by atoms with Gasteiger partial charge in [-0.1, -0.05) is 25.1 Å². The summed E-state index contributed by atoms with van der Waals surface area (Å²) in [5.74, 6) is 0. The molecule has 1 atom stereocenters. The number of urea groups is 1. The number of fused-ring (bicyclic) bond motifs is 1. The summed E-state index contributed by atoms with van der Waals surface area (Å²) in [6, 6.07) is 8.62. The van der Waals surface area contributed by atoms with Crippen molar-refractivity contribution in [3.05, 3.63) is 42.2 Å². The van der Waals surface area contributed by atoms with Gasteiger partial charge in [0.05, 0.1) is 0 Å². The van der Waals surface area contributed by atoms with E-state index < -0.39 is 0 Å². The molecule has 0 spiro atoms. The number of rotatable bonds is 5. The van der Waals surface area contributed by atoms with Gasteiger partial charge in [0.25, 0.3) is 0 Å². The average Bonchev–Trinajstić information content (AvgIpc) is 3.07. The molecule has 1 fully saturated rings. The molecule has 0 radical (unpaired) electrons. The highest BCUT2D eigenvalue weighted by molar-refractivity contribution is 5.85. The van der Waals surface area contributed by atoms with Crippen LogP contribution < -0.4 is 5.32 Å². The van der Waals surface area contributed by atoms with E-state index in [0.29, 0.717) is 12.6 Å². The van der Waals surface area contributed by atoms with Gasteiger partial charge in [0.1, 0.15) is 0 Å². The van der Waals surface area contributed by atoms with Gasteiger partial charge in [-0.15, -0.1) is 0 Å². The molecule has 1 aliphatic heterocycles. The normalized spacial score (nSPS) is 18.0. The van der Waals surface area contributed by atoms with Crippen molar-refractivity contribution in [3.63, 3.8) is 0 Å². The van der Waals surface area contributed by atoms with Crippen LogP contribution in [0.15, 0.2) is 36.7 Å². The predicted molar refractivity (Wildman–Crippen MR) is 96.9 cm³/mol. The van der Waals surface area contributed by atoms with Gasteiger partial charge in [0.2, 0.25) is 0 Å². The molecule has 2 heterocycles. The minimum atomic E-state index is -0.0102. The molecule has 1 N–H and O–H groups in total. The Balaban J connectivity index is 1.59. The number of pyridine rings is 1. The molecule has 1 aromatic carbocycles. The largest absolute Gasteiger partial charge is 0.336 e. The van der Waals surface area contributed by atoms with E-state index in [1.807, 2.05) is 31.4 Å². The van der Waals surface area contributed by atoms with Crippen LogP contribution in [-0.2, 0) is 6.54 Å². The lowest BCUT2D eigenvalue weighted by Crippen LogP contribution is -2.44. The van der Waals surface area contributed by atoms with Gasteiger partial charge >= 0.3 is 6.03 Å². The van der Waals surface area contributed by atoms with E-state index >= 15 is 0 Å². The highest BCUT2D eigenvalue weighted by Gasteiger charge is 2.23. The summed E-state index contributed by atoms with van der Waals surface area (Å²) < 4.78 is 0. The smallest absolute Gasteiger partial charge is 0.317 e. The highest BCUT2D eigenvalue weighted by Crippen LogP contribution is 2.19. The van der Waals surface area contributed by atoms with Gasteiger partial charge in [-0.05, 0) is 42.9 Å². The van der Waals surface area contributed by atoms with Crippen molar-refractivity contribution < 1.29 is 4.79 Å². The molecule has 1 aliphatic rings. The first kappa shape index (κ1) is 16.7. The van der Waals surface area contributed by atoms with Gasteiger partial charge in [-0.25, -0.2) is 4.79 Å². The fraction of sp³-hybridized carbons (Fsp3) is 0.474. The number of hydrogen-bond donors (Lipinski definition) is 1. The van der Waals surface area contributed by atoms with Crippen LogP contribution >= 0.6 is 0 Å². The Morgan fingerprint density at radius 2 is 2.29 bits per heavy atom. The Kier molecular flexibility index (Phi) is 5.30. The van der Waals surface area contributed by atoms with Crippen LogP contribution in [0, 0.1) is 0 Å². The molecular formula is C19H26N4O. The first-order valence-electron chi connectivity index (χ1n) is 8.73. The molecule has 0 unspecified atom stereocenters. The van der Waals surface area contributed by atoms with Crippen LogP contribution in [0.3, 0.4) is 0 Å². The molecule has 0 saturated carbocycles. The maximum absolute atomic E-state index is 12.4. The zero-order valence-electron chi connectivity index (χ0n) is 14.5. The molecule has 1 saturated heterocycles. The number of likely N-dealkylation sites (N-methyl/N-ethyl adjacent to an activating group) is 1. The molecule has 0 bridgehead atoms. The molecule has 128 valence electrons. The highest BCUT2D eigenvalue weighted by atomic mass is 16.2. The second kappa shape index (κ2) is 7.62. The van der Waals surface area contributed by atoms with Crippen LogP contribution in [0.2, 0.25) is 0 Å². The maximum Gasteiger partial charge on any atom is 0.317 e. The molecule has 5 nitrogen and oxygen atoms in total. The van der Waals surface area contributed by atoms with E-state index in [-0.39, 0.29) is 6.03 Å². The lowest BCUT2D eigenvalue weighted by molar-refractivity contribution is 0.199. The van der Waals surface area contributed by atoms with Gasteiger partial charge in [-0.2, -0.15) is 0 Å². The average molecular weight is 326 g/mol. The minimum absolute atomic E-state index is 0.0102. The third kappa shape index (κ3) is 3.67. The second-order valence-electron chi connectivity index (χ2n) is 6.48. The number of nitrogens with zero attached hydrogens (tertiary/aromatic N) is 3. The van der Waals surface area contributed by atoms with E-state index in [4.69, 9.17) is 0 Å². The summed E-state index contributed by atoms with van der Waals surface area (Å²) in [6.45, 7) is 5.71. The molecule has 0 aliphatic carbocycles. The number of amides is 2. The number of nitrogens with one attached hydrogen (secondary N) is 1. The summed E-state index contributed by atoms with van der Waals surface area (Å²) in [4.78, 5) is 20.8. The predicted octanol–water partition coefficient (Wildman–Crippen LogP) is 2.86. The van der Waals surface area contributed by atoms with Crippen molar-refractivity contribution in [3.8, 4) is 0 Å². The van der Waals surface area contributed by atoms with Gasteiger partial charge in [0, 0.05) is 44.0 Å². The fourth-order valence-corrected chi connectivity index (χ4v) is 3.54. The fourth-order valence-electron chi connectivity index (χ4n) is 3.54. The Morgan fingerprint density at radius 3 is 3.12 bits per heavy atom. The zero-order chi connectivity index (χ0) is 16.9. The van der Waals surface area contributed by atoms with Crippen molar-refractivity contribution in [1.29, 1.82) is 0 Å². The summed E-state index contributed by atoms with van der Waals surface area (Å²) in [5, 5.41) is 5.35. The quantitative estimate of drug-likeness (QED) is 0.919. The SMILES string of the molecule is CCN1CCC[C@H]1CNC(=O)N(C)Cc1cccc2cnccc12. The van der Waals surface area contributed by atoms with E-state index in [2.05, 4.69) is 28.2 Å². The number of carbonyl (C=O) groups is 1. The van der Waals surface area contributed by atoms with Gasteiger partial charge in [-0.3, -0.25) is 9.88 Å². The summed E-state index contributed by atoms with van der Waals surface area (Å²) in [5.41, 5.74) is 1.14. The molecule has 3 rings (SSSR count). The maximum atomic E-state index is 12.4. The number of hydrogen-bond acceptors (Lipinski definition) is 3. The van der Waals surface area contributed by atoms with Crippen LogP contribution in [0.1, 0.15) is 25.3 Å². The van der Waals surface area contributed by atoms with Crippen molar-refractivity contribution >= 4 is 16.8 Å². The van der Waals surface area contributed by atoms with E-state index in [9.17, 15) is 4.79 Å². The van der Waals surface area contributed by atoms with Crippen molar-refractivity contribution in [1.82, 2.24) is 20.1 Å². The topological polar surface area (TPSA) is 48.5 Å². The monoisotopic (exact) mass is 326 g/mol. The lowest BCUT2D eigenvalue weighted by atomic mass is 10.1. The number of carbonyl (C=O) groups excluding carboxylic acids is 1. The number of benzene rings is 1. The number of aromatic nitrogens is 1. The Labute approximate surface area is 143 Å². The van der Waals surface area contributed by atoms with Crippen molar-refractivity contribution in [2.45, 2.75) is 32.4 Å². The third-order valence-electron chi connectivity index (χ3n) is 4.92. The molecule has 2 aromatic rings. The molecule has 1 aromatic heterocycles. The Morgan fingerprint density at radius 1 is 1.42 bits per heavy atom. The van der Waals surface area contributed by atoms with Crippen LogP contribution in [0.25, 0.3) is 10.8 Å². The molecule has 5 heteroatoms. The van der Waals surface area contributed by atoms with Crippen molar-refractivity contribution in [2.75, 3.05) is 26.7 Å². The number of likely N-dealkylation sites (tertiary alicyclic amines) is 1. The zero-order valence-corrected chi connectivity index (χ0v) is 14.5.